The number of thioether (sulfide) groups is 4. The average Bonchev–Trinajstić information content (AvgIpc) is 3.88. The van der Waals surface area contributed by atoms with Crippen LogP contribution in [0.15, 0.2) is 88.8 Å². The molecule has 0 aromatic heterocycles. The van der Waals surface area contributed by atoms with Crippen molar-refractivity contribution in [2.45, 2.75) is 53.4 Å². The molecular weight excluding hydrogens is 837 g/mol. The SMILES string of the molecule is CCCOC(=O)C1=C(C(=O)OCCC)SC(=Cc2cc(C#Cc3ccc(N)cc3)c(C=C3SC(C(=O)OCCC)=C(C(=O)OCCC)S3)cc2C#Cc2ccc(N)cc2)S1. The molecule has 0 radical (unpaired) electrons. The number of esters is 4. The number of carbonyl (C=O) groups excluding carboxylic acids is 4. The third-order valence-corrected chi connectivity index (χ3v) is 12.8. The van der Waals surface area contributed by atoms with Gasteiger partial charge in [0, 0.05) is 33.6 Å². The van der Waals surface area contributed by atoms with Crippen LogP contribution in [0.25, 0.3) is 12.2 Å². The van der Waals surface area contributed by atoms with E-state index < -0.39 is 23.9 Å². The fraction of sp³-hybridized carbons (Fsp3) is 0.261. The molecule has 10 nitrogen and oxygen atoms in total. The highest BCUT2D eigenvalue weighted by Crippen LogP contribution is 2.52. The summed E-state index contributed by atoms with van der Waals surface area (Å²) in [5, 5.41) is 0. The summed E-state index contributed by atoms with van der Waals surface area (Å²) in [4.78, 5) is 53.4. The maximum Gasteiger partial charge on any atom is 0.346 e. The van der Waals surface area contributed by atoms with Crippen molar-refractivity contribution >= 4 is 94.5 Å². The maximum atomic E-state index is 13.2. The zero-order valence-electron chi connectivity index (χ0n) is 33.6. The fourth-order valence-electron chi connectivity index (χ4n) is 5.08. The first-order valence-corrected chi connectivity index (χ1v) is 22.5. The van der Waals surface area contributed by atoms with Gasteiger partial charge in [-0.3, -0.25) is 0 Å². The summed E-state index contributed by atoms with van der Waals surface area (Å²) < 4.78 is 23.0. The average molecular weight is 881 g/mol. The van der Waals surface area contributed by atoms with Crippen LogP contribution in [0.3, 0.4) is 0 Å². The molecular formula is C46H44N2O8S4. The van der Waals surface area contributed by atoms with Gasteiger partial charge in [0.05, 0.1) is 34.9 Å². The second-order valence-electron chi connectivity index (χ2n) is 13.0. The minimum Gasteiger partial charge on any atom is -0.462 e. The highest BCUT2D eigenvalue weighted by Gasteiger charge is 2.34. The number of nitrogens with two attached hydrogens (primary N) is 2. The third kappa shape index (κ3) is 12.8. The van der Waals surface area contributed by atoms with E-state index >= 15 is 0 Å². The van der Waals surface area contributed by atoms with Crippen LogP contribution in [0.1, 0.15) is 86.8 Å². The molecule has 60 heavy (non-hydrogen) atoms. The van der Waals surface area contributed by atoms with Gasteiger partial charge in [0.15, 0.2) is 0 Å². The van der Waals surface area contributed by atoms with Crippen LogP contribution in [0.2, 0.25) is 0 Å². The van der Waals surface area contributed by atoms with E-state index in [1.165, 1.54) is 0 Å². The number of nitrogen functional groups attached to an aromatic ring is 2. The molecule has 4 N–H and O–H groups in total. The van der Waals surface area contributed by atoms with E-state index in [-0.39, 0.29) is 46.0 Å². The summed E-state index contributed by atoms with van der Waals surface area (Å²) in [6, 6.07) is 18.1. The van der Waals surface area contributed by atoms with Crippen LogP contribution < -0.4 is 11.5 Å². The van der Waals surface area contributed by atoms with Crippen molar-refractivity contribution in [3.8, 4) is 23.7 Å². The van der Waals surface area contributed by atoms with Crippen molar-refractivity contribution in [3.05, 3.63) is 122 Å². The van der Waals surface area contributed by atoms with E-state index in [1.807, 2.05) is 76.2 Å². The summed E-state index contributed by atoms with van der Waals surface area (Å²) >= 11 is 4.52. The quantitative estimate of drug-likeness (QED) is 0.0683. The molecule has 0 aliphatic carbocycles. The van der Waals surface area contributed by atoms with Crippen LogP contribution in [0.4, 0.5) is 11.4 Å². The van der Waals surface area contributed by atoms with Gasteiger partial charge in [0.25, 0.3) is 0 Å². The standard InChI is InChI=1S/C46H44N2O8S4/c1-5-21-53-43(49)39-40(44(50)54-22-6-2)58-37(57-39)27-33-25-32(16-10-30-13-19-36(48)20-14-30)34(26-31(33)15-9-29-11-17-35(47)18-12-29)28-38-59-41(45(51)55-23-7-3)42(60-38)46(52)56-24-8-4/h11-14,17-20,25-28H,5-8,21-24,47-48H2,1-4H3. The second-order valence-corrected chi connectivity index (χ2v) is 17.7. The van der Waals surface area contributed by atoms with Crippen molar-refractivity contribution in [2.24, 2.45) is 0 Å². The maximum absolute atomic E-state index is 13.2. The van der Waals surface area contributed by atoms with E-state index in [2.05, 4.69) is 23.7 Å². The summed E-state index contributed by atoms with van der Waals surface area (Å²) in [6.45, 7) is 8.38. The summed E-state index contributed by atoms with van der Waals surface area (Å²) in [5.41, 5.74) is 17.0. The molecule has 14 heteroatoms. The Morgan fingerprint density at radius 3 is 1.03 bits per heavy atom. The Hall–Kier alpha value is -5.38. The molecule has 2 aliphatic rings. The van der Waals surface area contributed by atoms with Crippen molar-refractivity contribution in [1.82, 2.24) is 0 Å². The molecule has 5 rings (SSSR count). The minimum atomic E-state index is -0.599. The Labute approximate surface area is 367 Å². The largest absolute Gasteiger partial charge is 0.462 e. The first kappa shape index (κ1) is 45.7. The lowest BCUT2D eigenvalue weighted by Gasteiger charge is -2.09. The van der Waals surface area contributed by atoms with Gasteiger partial charge in [0.1, 0.15) is 19.6 Å². The van der Waals surface area contributed by atoms with E-state index in [0.717, 1.165) is 58.2 Å². The van der Waals surface area contributed by atoms with E-state index in [4.69, 9.17) is 30.4 Å². The monoisotopic (exact) mass is 880 g/mol. The van der Waals surface area contributed by atoms with Crippen LogP contribution in [0, 0.1) is 23.7 Å². The predicted octanol–water partition coefficient (Wildman–Crippen LogP) is 9.44. The Morgan fingerprint density at radius 1 is 0.483 bits per heavy atom. The molecule has 2 heterocycles. The van der Waals surface area contributed by atoms with Crippen molar-refractivity contribution in [1.29, 1.82) is 0 Å². The highest BCUT2D eigenvalue weighted by atomic mass is 32.2. The van der Waals surface area contributed by atoms with Gasteiger partial charge < -0.3 is 30.4 Å². The predicted molar refractivity (Wildman–Crippen MR) is 245 cm³/mol. The molecule has 3 aromatic rings. The van der Waals surface area contributed by atoms with E-state index in [1.54, 1.807) is 24.3 Å². The number of hydrogen-bond donors (Lipinski definition) is 2. The summed E-state index contributed by atoms with van der Waals surface area (Å²) in [7, 11) is 0. The topological polar surface area (TPSA) is 157 Å². The first-order chi connectivity index (χ1) is 29.0. The van der Waals surface area contributed by atoms with Crippen molar-refractivity contribution < 1.29 is 38.1 Å². The summed E-state index contributed by atoms with van der Waals surface area (Å²) in [5.74, 6) is 10.7. The molecule has 0 atom stereocenters. The lowest BCUT2D eigenvalue weighted by molar-refractivity contribution is -0.141. The van der Waals surface area contributed by atoms with Gasteiger partial charge >= 0.3 is 23.9 Å². The molecule has 0 amide bonds. The molecule has 0 bridgehead atoms. The molecule has 310 valence electrons. The first-order valence-electron chi connectivity index (χ1n) is 19.3. The Balaban J connectivity index is 1.66. The number of hydrogen-bond acceptors (Lipinski definition) is 14. The van der Waals surface area contributed by atoms with Gasteiger partial charge in [-0.2, -0.15) is 0 Å². The molecule has 0 fully saturated rings. The molecule has 0 spiro atoms. The number of rotatable bonds is 14. The Kier molecular flexibility index (Phi) is 17.4. The lowest BCUT2D eigenvalue weighted by atomic mass is 9.98. The smallest absolute Gasteiger partial charge is 0.346 e. The van der Waals surface area contributed by atoms with E-state index in [0.29, 0.717) is 67.8 Å². The second kappa shape index (κ2) is 22.8. The molecule has 3 aromatic carbocycles. The Morgan fingerprint density at radius 2 is 0.767 bits per heavy atom. The zero-order valence-corrected chi connectivity index (χ0v) is 36.9. The molecule has 0 saturated carbocycles. The van der Waals surface area contributed by atoms with Gasteiger partial charge in [0.2, 0.25) is 0 Å². The number of benzene rings is 3. The van der Waals surface area contributed by atoms with Gasteiger partial charge in [-0.1, -0.05) is 98.4 Å². The molecule has 0 unspecified atom stereocenters. The number of anilines is 2. The van der Waals surface area contributed by atoms with Gasteiger partial charge in [-0.15, -0.1) is 0 Å². The van der Waals surface area contributed by atoms with Gasteiger partial charge in [-0.05, 0) is 110 Å². The third-order valence-electron chi connectivity index (χ3n) is 7.99. The highest BCUT2D eigenvalue weighted by molar-refractivity contribution is 8.30. The molecule has 0 saturated heterocycles. The number of carbonyl (C=O) groups is 4. The van der Waals surface area contributed by atoms with Crippen molar-refractivity contribution in [3.63, 3.8) is 0 Å². The Bertz CT molecular complexity index is 2140. The van der Waals surface area contributed by atoms with Crippen LogP contribution in [0.5, 0.6) is 0 Å². The van der Waals surface area contributed by atoms with Crippen molar-refractivity contribution in [2.75, 3.05) is 37.9 Å². The number of ether oxygens (including phenoxy) is 4. The van der Waals surface area contributed by atoms with Crippen LogP contribution >= 0.6 is 47.0 Å². The summed E-state index contributed by atoms with van der Waals surface area (Å²) in [6.07, 6.45) is 6.19. The van der Waals surface area contributed by atoms with Crippen LogP contribution in [-0.2, 0) is 38.1 Å². The van der Waals surface area contributed by atoms with Crippen LogP contribution in [-0.4, -0.2) is 50.3 Å². The normalized spacial score (nSPS) is 13.2. The van der Waals surface area contributed by atoms with Gasteiger partial charge in [-0.25, -0.2) is 19.2 Å². The van der Waals surface area contributed by atoms with E-state index in [9.17, 15) is 19.2 Å². The fourth-order valence-corrected chi connectivity index (χ4v) is 9.74. The molecule has 2 aliphatic heterocycles. The lowest BCUT2D eigenvalue weighted by Crippen LogP contribution is -2.12. The minimum absolute atomic E-state index is 0.157. The zero-order chi connectivity index (χ0) is 43.0.